The highest BCUT2D eigenvalue weighted by Gasteiger charge is 2.52. The second-order valence-corrected chi connectivity index (χ2v) is 9.31. The number of ether oxygens (including phenoxy) is 1. The third-order valence-corrected chi connectivity index (χ3v) is 5.95. The van der Waals surface area contributed by atoms with Crippen molar-refractivity contribution in [3.8, 4) is 0 Å². The molecule has 2 N–H and O–H groups in total. The monoisotopic (exact) mass is 441 g/mol. The fourth-order valence-corrected chi connectivity index (χ4v) is 3.98. The van der Waals surface area contributed by atoms with Gasteiger partial charge in [-0.25, -0.2) is 9.59 Å². The van der Waals surface area contributed by atoms with E-state index < -0.39 is 23.2 Å². The summed E-state index contributed by atoms with van der Waals surface area (Å²) in [7, 11) is 1.71. The van der Waals surface area contributed by atoms with Crippen molar-refractivity contribution < 1.29 is 24.2 Å². The second-order valence-electron chi connectivity index (χ2n) is 9.31. The Balaban J connectivity index is 1.54. The van der Waals surface area contributed by atoms with Crippen LogP contribution >= 0.6 is 0 Å². The number of hydrogen-bond acceptors (Lipinski definition) is 6. The standard InChI is InChI=1S/C22H27N5O5/c1-21(2,3)32-20(31)27-10-7-15-14(12-27)17(25-24-15)18(28)26(4)22(8-9-22)16-6-5-13(11-23-16)19(29)30/h5-6,11H,7-10,12H2,1-4H3,(H,24,25)(H,29,30). The maximum Gasteiger partial charge on any atom is 0.410 e. The van der Waals surface area contributed by atoms with Gasteiger partial charge in [-0.3, -0.25) is 14.9 Å². The minimum atomic E-state index is -1.05. The Morgan fingerprint density at radius 1 is 1.25 bits per heavy atom. The van der Waals surface area contributed by atoms with Crippen LogP contribution in [0.2, 0.25) is 0 Å². The number of aromatic nitrogens is 3. The molecule has 2 aromatic heterocycles. The number of carbonyl (C=O) groups is 3. The van der Waals surface area contributed by atoms with E-state index in [0.29, 0.717) is 24.2 Å². The quantitative estimate of drug-likeness (QED) is 0.746. The van der Waals surface area contributed by atoms with Gasteiger partial charge in [0.15, 0.2) is 5.69 Å². The van der Waals surface area contributed by atoms with Crippen molar-refractivity contribution >= 4 is 18.0 Å². The molecule has 2 aliphatic rings. The van der Waals surface area contributed by atoms with Crippen LogP contribution in [0, 0.1) is 0 Å². The summed E-state index contributed by atoms with van der Waals surface area (Å²) in [6.07, 6.45) is 2.90. The van der Waals surface area contributed by atoms with Crippen LogP contribution in [-0.4, -0.2) is 67.3 Å². The SMILES string of the molecule is CN(C(=O)c1n[nH]c2c1CN(C(=O)OC(C)(C)C)CC2)C1(c2ccc(C(=O)O)cn2)CC1. The van der Waals surface area contributed by atoms with Gasteiger partial charge in [0.05, 0.1) is 23.3 Å². The summed E-state index contributed by atoms with van der Waals surface area (Å²) >= 11 is 0. The fourth-order valence-electron chi connectivity index (χ4n) is 3.98. The molecule has 2 amide bonds. The minimum absolute atomic E-state index is 0.0992. The molecule has 1 aliphatic heterocycles. The third-order valence-electron chi connectivity index (χ3n) is 5.95. The maximum absolute atomic E-state index is 13.4. The van der Waals surface area contributed by atoms with E-state index in [-0.39, 0.29) is 23.7 Å². The van der Waals surface area contributed by atoms with Gasteiger partial charge in [-0.15, -0.1) is 0 Å². The number of H-pyrrole nitrogens is 1. The van der Waals surface area contributed by atoms with Gasteiger partial charge in [0.1, 0.15) is 5.60 Å². The highest BCUT2D eigenvalue weighted by atomic mass is 16.6. The molecule has 10 heteroatoms. The summed E-state index contributed by atoms with van der Waals surface area (Å²) in [4.78, 5) is 44.5. The summed E-state index contributed by atoms with van der Waals surface area (Å²) in [6, 6.07) is 3.16. The molecular formula is C22H27N5O5. The highest BCUT2D eigenvalue weighted by molar-refractivity contribution is 5.95. The first-order chi connectivity index (χ1) is 15.0. The van der Waals surface area contributed by atoms with E-state index in [1.54, 1.807) is 22.9 Å². The summed E-state index contributed by atoms with van der Waals surface area (Å²) in [5.74, 6) is -1.31. The molecule has 10 nitrogen and oxygen atoms in total. The predicted octanol–water partition coefficient (Wildman–Crippen LogP) is 2.56. The first kappa shape index (κ1) is 21.8. The first-order valence-corrected chi connectivity index (χ1v) is 10.5. The summed E-state index contributed by atoms with van der Waals surface area (Å²) in [5, 5.41) is 16.3. The lowest BCUT2D eigenvalue weighted by Gasteiger charge is -2.31. The number of amides is 2. The van der Waals surface area contributed by atoms with Gasteiger partial charge in [0.2, 0.25) is 0 Å². The van der Waals surface area contributed by atoms with Crippen LogP contribution in [0.4, 0.5) is 4.79 Å². The van der Waals surface area contributed by atoms with Crippen molar-refractivity contribution in [3.05, 3.63) is 46.5 Å². The lowest BCUT2D eigenvalue weighted by molar-refractivity contribution is 0.0221. The zero-order valence-corrected chi connectivity index (χ0v) is 18.6. The van der Waals surface area contributed by atoms with E-state index in [1.807, 2.05) is 20.8 Å². The number of nitrogens with zero attached hydrogens (tertiary/aromatic N) is 4. The van der Waals surface area contributed by atoms with Gasteiger partial charge in [0.25, 0.3) is 5.91 Å². The molecular weight excluding hydrogens is 414 g/mol. The van der Waals surface area contributed by atoms with Crippen molar-refractivity contribution in [1.29, 1.82) is 0 Å². The van der Waals surface area contributed by atoms with E-state index in [2.05, 4.69) is 15.2 Å². The number of pyridine rings is 1. The Labute approximate surface area is 185 Å². The van der Waals surface area contributed by atoms with Crippen molar-refractivity contribution in [1.82, 2.24) is 25.0 Å². The highest BCUT2D eigenvalue weighted by Crippen LogP contribution is 2.50. The average Bonchev–Trinajstić information content (AvgIpc) is 3.44. The minimum Gasteiger partial charge on any atom is -0.478 e. The molecule has 32 heavy (non-hydrogen) atoms. The molecule has 0 radical (unpaired) electrons. The molecule has 170 valence electrons. The largest absolute Gasteiger partial charge is 0.478 e. The lowest BCUT2D eigenvalue weighted by atomic mass is 10.0. The molecule has 2 aromatic rings. The molecule has 0 saturated heterocycles. The predicted molar refractivity (Wildman–Crippen MR) is 113 cm³/mol. The normalized spacial score (nSPS) is 16.8. The molecule has 4 rings (SSSR count). The fraction of sp³-hybridized carbons (Fsp3) is 0.500. The van der Waals surface area contributed by atoms with Crippen molar-refractivity contribution in [2.75, 3.05) is 13.6 Å². The molecule has 1 fully saturated rings. The Morgan fingerprint density at radius 3 is 2.53 bits per heavy atom. The van der Waals surface area contributed by atoms with Crippen LogP contribution in [0.25, 0.3) is 0 Å². The van der Waals surface area contributed by atoms with Crippen LogP contribution in [0.1, 0.15) is 71.4 Å². The van der Waals surface area contributed by atoms with Gasteiger partial charge >= 0.3 is 12.1 Å². The smallest absolute Gasteiger partial charge is 0.410 e. The van der Waals surface area contributed by atoms with Crippen molar-refractivity contribution in [2.24, 2.45) is 0 Å². The number of nitrogens with one attached hydrogen (secondary N) is 1. The van der Waals surface area contributed by atoms with E-state index in [0.717, 1.165) is 18.5 Å². The Bertz CT molecular complexity index is 1070. The molecule has 0 bridgehead atoms. The molecule has 0 atom stereocenters. The zero-order valence-electron chi connectivity index (χ0n) is 18.6. The van der Waals surface area contributed by atoms with Gasteiger partial charge in [-0.2, -0.15) is 5.10 Å². The maximum atomic E-state index is 13.4. The number of aromatic carboxylic acids is 1. The number of aromatic amines is 1. The summed E-state index contributed by atoms with van der Waals surface area (Å²) in [5.41, 5.74) is 1.39. The van der Waals surface area contributed by atoms with E-state index in [4.69, 9.17) is 9.84 Å². The molecule has 0 unspecified atom stereocenters. The topological polar surface area (TPSA) is 129 Å². The van der Waals surface area contributed by atoms with E-state index in [1.165, 1.54) is 12.3 Å². The van der Waals surface area contributed by atoms with Crippen LogP contribution in [-0.2, 0) is 23.2 Å². The Morgan fingerprint density at radius 2 is 1.97 bits per heavy atom. The number of hydrogen-bond donors (Lipinski definition) is 2. The first-order valence-electron chi connectivity index (χ1n) is 10.5. The van der Waals surface area contributed by atoms with Gasteiger partial charge < -0.3 is 19.6 Å². The van der Waals surface area contributed by atoms with Crippen LogP contribution < -0.4 is 0 Å². The summed E-state index contributed by atoms with van der Waals surface area (Å²) < 4.78 is 5.48. The molecule has 1 aliphatic carbocycles. The molecule has 1 saturated carbocycles. The average molecular weight is 441 g/mol. The second kappa shape index (κ2) is 7.61. The zero-order chi connectivity index (χ0) is 23.3. The van der Waals surface area contributed by atoms with Gasteiger partial charge in [-0.1, -0.05) is 0 Å². The molecule has 3 heterocycles. The van der Waals surface area contributed by atoms with E-state index in [9.17, 15) is 14.4 Å². The van der Waals surface area contributed by atoms with Crippen molar-refractivity contribution in [2.45, 2.75) is 57.7 Å². The number of rotatable bonds is 4. The van der Waals surface area contributed by atoms with E-state index >= 15 is 0 Å². The number of fused-ring (bicyclic) bond motifs is 1. The third kappa shape index (κ3) is 3.92. The van der Waals surface area contributed by atoms with Crippen LogP contribution in [0.3, 0.4) is 0 Å². The molecule has 0 aromatic carbocycles. The summed E-state index contributed by atoms with van der Waals surface area (Å²) in [6.45, 7) is 6.17. The van der Waals surface area contributed by atoms with Gasteiger partial charge in [0, 0.05) is 37.5 Å². The van der Waals surface area contributed by atoms with Gasteiger partial charge in [-0.05, 0) is 45.7 Å². The number of carboxylic acid groups (broad SMARTS) is 1. The van der Waals surface area contributed by atoms with Crippen LogP contribution in [0.15, 0.2) is 18.3 Å². The Hall–Kier alpha value is -3.43. The van der Waals surface area contributed by atoms with Crippen molar-refractivity contribution in [3.63, 3.8) is 0 Å². The molecule has 0 spiro atoms. The Kier molecular flexibility index (Phi) is 5.18. The number of carbonyl (C=O) groups excluding carboxylic acids is 2. The van der Waals surface area contributed by atoms with Crippen LogP contribution in [0.5, 0.6) is 0 Å². The number of carboxylic acids is 1. The lowest BCUT2D eigenvalue weighted by Crippen LogP contribution is -2.41.